The number of carboxylic acid groups (broad SMARTS) is 1. The Bertz CT molecular complexity index is 582. The van der Waals surface area contributed by atoms with Crippen molar-refractivity contribution in [2.45, 2.75) is 13.3 Å². The van der Waals surface area contributed by atoms with Crippen LogP contribution in [0.1, 0.15) is 13.3 Å². The fourth-order valence-corrected chi connectivity index (χ4v) is 2.93. The molecular weight excluding hydrogens is 311 g/mol. The van der Waals surface area contributed by atoms with E-state index in [2.05, 4.69) is 5.32 Å². The summed E-state index contributed by atoms with van der Waals surface area (Å²) in [5.41, 5.74) is 0.0253. The summed E-state index contributed by atoms with van der Waals surface area (Å²) >= 11 is 5.77. The van der Waals surface area contributed by atoms with Gasteiger partial charge < -0.3 is 10.4 Å². The molecule has 120 valence electrons. The van der Waals surface area contributed by atoms with Gasteiger partial charge in [0.25, 0.3) is 0 Å². The van der Waals surface area contributed by atoms with Crippen molar-refractivity contribution in [2.75, 3.05) is 25.0 Å². The van der Waals surface area contributed by atoms with Crippen molar-refractivity contribution in [3.05, 3.63) is 29.0 Å². The number of aliphatic carboxylic acids is 1. The van der Waals surface area contributed by atoms with E-state index in [4.69, 9.17) is 16.7 Å². The molecule has 1 saturated heterocycles. The molecule has 0 saturated carbocycles. The van der Waals surface area contributed by atoms with Crippen LogP contribution in [0.3, 0.4) is 0 Å². The molecule has 2 rings (SSSR count). The molecular formula is C15H18ClFN2O3. The van der Waals surface area contributed by atoms with E-state index in [9.17, 15) is 14.0 Å². The van der Waals surface area contributed by atoms with Gasteiger partial charge in [0.05, 0.1) is 18.2 Å². The molecule has 2 unspecified atom stereocenters. The number of halogens is 2. The largest absolute Gasteiger partial charge is 0.481 e. The summed E-state index contributed by atoms with van der Waals surface area (Å²) in [6.45, 7) is 2.96. The molecule has 22 heavy (non-hydrogen) atoms. The second-order valence-corrected chi connectivity index (χ2v) is 6.18. The summed E-state index contributed by atoms with van der Waals surface area (Å²) in [7, 11) is 0. The third-order valence-electron chi connectivity index (χ3n) is 3.65. The van der Waals surface area contributed by atoms with E-state index in [1.807, 2.05) is 6.92 Å². The first kappa shape index (κ1) is 16.7. The summed E-state index contributed by atoms with van der Waals surface area (Å²) in [6.07, 6.45) is 0.608. The Morgan fingerprint density at radius 3 is 2.86 bits per heavy atom. The SMILES string of the molecule is CC1CC(C(=O)O)CN(CC(=O)Nc2cc(Cl)ccc2F)C1. The Kier molecular flexibility index (Phi) is 5.37. The van der Waals surface area contributed by atoms with Crippen LogP contribution in [0, 0.1) is 17.7 Å². The molecule has 1 aliphatic heterocycles. The number of likely N-dealkylation sites (tertiary alicyclic amines) is 1. The standard InChI is InChI=1S/C15H18ClFN2O3/c1-9-4-10(15(21)22)7-19(6-9)8-14(20)18-13-5-11(16)2-3-12(13)17/h2-3,5,9-10H,4,6-8H2,1H3,(H,18,20)(H,21,22). The van der Waals surface area contributed by atoms with Crippen LogP contribution in [0.2, 0.25) is 5.02 Å². The minimum Gasteiger partial charge on any atom is -0.481 e. The molecule has 5 nitrogen and oxygen atoms in total. The average Bonchev–Trinajstić information content (AvgIpc) is 2.42. The normalized spacial score (nSPS) is 22.3. The first-order chi connectivity index (χ1) is 10.3. The highest BCUT2D eigenvalue weighted by molar-refractivity contribution is 6.30. The van der Waals surface area contributed by atoms with E-state index in [1.54, 1.807) is 4.90 Å². The third-order valence-corrected chi connectivity index (χ3v) is 3.89. The van der Waals surface area contributed by atoms with Crippen LogP contribution in [-0.4, -0.2) is 41.5 Å². The number of carboxylic acids is 1. The summed E-state index contributed by atoms with van der Waals surface area (Å²) in [5, 5.41) is 11.9. The molecule has 1 aromatic rings. The molecule has 1 aliphatic rings. The van der Waals surface area contributed by atoms with Gasteiger partial charge in [-0.1, -0.05) is 18.5 Å². The molecule has 0 aliphatic carbocycles. The van der Waals surface area contributed by atoms with E-state index < -0.39 is 17.7 Å². The van der Waals surface area contributed by atoms with Gasteiger partial charge >= 0.3 is 5.97 Å². The van der Waals surface area contributed by atoms with Gasteiger partial charge in [0.1, 0.15) is 5.82 Å². The Labute approximate surface area is 133 Å². The first-order valence-corrected chi connectivity index (χ1v) is 7.43. The number of nitrogens with zero attached hydrogens (tertiary/aromatic N) is 1. The second kappa shape index (κ2) is 7.07. The molecule has 0 bridgehead atoms. The van der Waals surface area contributed by atoms with E-state index >= 15 is 0 Å². The lowest BCUT2D eigenvalue weighted by Gasteiger charge is -2.34. The zero-order valence-corrected chi connectivity index (χ0v) is 12.9. The molecule has 2 atom stereocenters. The molecule has 0 radical (unpaired) electrons. The number of amides is 1. The van der Waals surface area contributed by atoms with Gasteiger partial charge in [-0.05, 0) is 30.5 Å². The minimum absolute atomic E-state index is 0.0253. The predicted molar refractivity (Wildman–Crippen MR) is 81.4 cm³/mol. The van der Waals surface area contributed by atoms with Gasteiger partial charge in [-0.3, -0.25) is 14.5 Å². The monoisotopic (exact) mass is 328 g/mol. The molecule has 0 aromatic heterocycles. The summed E-state index contributed by atoms with van der Waals surface area (Å²) in [4.78, 5) is 24.9. The van der Waals surface area contributed by atoms with Crippen molar-refractivity contribution in [2.24, 2.45) is 11.8 Å². The summed E-state index contributed by atoms with van der Waals surface area (Å²) < 4.78 is 13.6. The van der Waals surface area contributed by atoms with Crippen molar-refractivity contribution in [1.82, 2.24) is 4.90 Å². The summed E-state index contributed by atoms with van der Waals surface area (Å²) in [5.74, 6) is -2.07. The van der Waals surface area contributed by atoms with Gasteiger partial charge in [-0.25, -0.2) is 4.39 Å². The minimum atomic E-state index is -0.849. The van der Waals surface area contributed by atoms with E-state index in [1.165, 1.54) is 18.2 Å². The topological polar surface area (TPSA) is 69.6 Å². The molecule has 1 aromatic carbocycles. The maximum Gasteiger partial charge on any atom is 0.307 e. The number of hydrogen-bond acceptors (Lipinski definition) is 3. The van der Waals surface area contributed by atoms with Crippen LogP contribution in [0.5, 0.6) is 0 Å². The Morgan fingerprint density at radius 1 is 1.45 bits per heavy atom. The maximum absolute atomic E-state index is 13.6. The van der Waals surface area contributed by atoms with Gasteiger partial charge in [0.2, 0.25) is 5.91 Å². The number of carbonyl (C=O) groups excluding carboxylic acids is 1. The molecule has 1 fully saturated rings. The molecule has 1 amide bonds. The Hall–Kier alpha value is -1.66. The Balaban J connectivity index is 1.96. The van der Waals surface area contributed by atoms with Crippen molar-refractivity contribution >= 4 is 29.2 Å². The molecule has 0 spiro atoms. The zero-order valence-electron chi connectivity index (χ0n) is 12.2. The van der Waals surface area contributed by atoms with Crippen molar-refractivity contribution in [3.63, 3.8) is 0 Å². The van der Waals surface area contributed by atoms with Crippen LogP contribution in [0.15, 0.2) is 18.2 Å². The van der Waals surface area contributed by atoms with Crippen molar-refractivity contribution < 1.29 is 19.1 Å². The van der Waals surface area contributed by atoms with E-state index in [-0.39, 0.29) is 24.1 Å². The second-order valence-electron chi connectivity index (χ2n) is 5.74. The number of carbonyl (C=O) groups is 2. The average molecular weight is 329 g/mol. The lowest BCUT2D eigenvalue weighted by atomic mass is 9.90. The van der Waals surface area contributed by atoms with Crippen LogP contribution in [-0.2, 0) is 9.59 Å². The van der Waals surface area contributed by atoms with Gasteiger partial charge in [-0.2, -0.15) is 0 Å². The van der Waals surface area contributed by atoms with Gasteiger partial charge in [0, 0.05) is 18.1 Å². The lowest BCUT2D eigenvalue weighted by molar-refractivity contribution is -0.144. The van der Waals surface area contributed by atoms with Crippen LogP contribution >= 0.6 is 11.6 Å². The van der Waals surface area contributed by atoms with Crippen molar-refractivity contribution in [1.29, 1.82) is 0 Å². The maximum atomic E-state index is 13.6. The smallest absolute Gasteiger partial charge is 0.307 e. The summed E-state index contributed by atoms with van der Waals surface area (Å²) in [6, 6.07) is 3.92. The quantitative estimate of drug-likeness (QED) is 0.890. The highest BCUT2D eigenvalue weighted by Gasteiger charge is 2.30. The van der Waals surface area contributed by atoms with Crippen LogP contribution < -0.4 is 5.32 Å². The van der Waals surface area contributed by atoms with Crippen LogP contribution in [0.25, 0.3) is 0 Å². The third kappa shape index (κ3) is 4.42. The predicted octanol–water partition coefficient (Wildman–Crippen LogP) is 2.46. The molecule has 1 heterocycles. The van der Waals surface area contributed by atoms with Crippen LogP contribution in [0.4, 0.5) is 10.1 Å². The number of benzene rings is 1. The fourth-order valence-electron chi connectivity index (χ4n) is 2.76. The number of piperidine rings is 1. The highest BCUT2D eigenvalue weighted by Crippen LogP contribution is 2.22. The number of hydrogen-bond donors (Lipinski definition) is 2. The molecule has 2 N–H and O–H groups in total. The fraction of sp³-hybridized carbons (Fsp3) is 0.467. The number of rotatable bonds is 4. The van der Waals surface area contributed by atoms with E-state index in [0.29, 0.717) is 24.5 Å². The molecule has 7 heteroatoms. The highest BCUT2D eigenvalue weighted by atomic mass is 35.5. The zero-order chi connectivity index (χ0) is 16.3. The number of nitrogens with one attached hydrogen (secondary N) is 1. The first-order valence-electron chi connectivity index (χ1n) is 7.05. The lowest BCUT2D eigenvalue weighted by Crippen LogP contribution is -2.45. The Morgan fingerprint density at radius 2 is 2.18 bits per heavy atom. The van der Waals surface area contributed by atoms with Crippen molar-refractivity contribution in [3.8, 4) is 0 Å². The van der Waals surface area contributed by atoms with Gasteiger partial charge in [-0.15, -0.1) is 0 Å². The van der Waals surface area contributed by atoms with E-state index in [0.717, 1.165) is 0 Å². The number of anilines is 1. The van der Waals surface area contributed by atoms with Gasteiger partial charge in [0.15, 0.2) is 0 Å².